The normalized spacial score (nSPS) is 11.3. The maximum atomic E-state index is 12.3. The van der Waals surface area contributed by atoms with Crippen LogP contribution < -0.4 is 16.0 Å². The first-order valence-electron chi connectivity index (χ1n) is 8.43. The maximum Gasteiger partial charge on any atom is 0.247 e. The highest BCUT2D eigenvalue weighted by Gasteiger charge is 2.09. The number of anilines is 1. The Morgan fingerprint density at radius 1 is 1.19 bits per heavy atom. The Morgan fingerprint density at radius 2 is 2.04 bits per heavy atom. The Balaban J connectivity index is 1.62. The lowest BCUT2D eigenvalue weighted by Crippen LogP contribution is -2.19. The van der Waals surface area contributed by atoms with Gasteiger partial charge in [0.15, 0.2) is 0 Å². The molecule has 3 rings (SSSR count). The molecule has 1 amide bonds. The summed E-state index contributed by atoms with van der Waals surface area (Å²) in [5.41, 5.74) is 3.66. The molecule has 3 N–H and O–H groups in total. The topological polar surface area (TPSA) is 102 Å². The second-order valence-electron chi connectivity index (χ2n) is 5.84. The van der Waals surface area contributed by atoms with E-state index in [1.807, 2.05) is 45.7 Å². The van der Waals surface area contributed by atoms with Crippen LogP contribution in [0.3, 0.4) is 0 Å². The molecule has 0 bridgehead atoms. The molecule has 0 spiro atoms. The van der Waals surface area contributed by atoms with Crippen molar-refractivity contribution < 1.29 is 4.79 Å². The van der Waals surface area contributed by atoms with E-state index in [2.05, 4.69) is 31.1 Å². The van der Waals surface area contributed by atoms with Crippen LogP contribution in [0.4, 0.5) is 5.82 Å². The molecule has 0 aliphatic heterocycles. The minimum Gasteiger partial charge on any atom is -0.392 e. The molecule has 0 atom stereocenters. The van der Waals surface area contributed by atoms with Crippen LogP contribution >= 0.6 is 0 Å². The van der Waals surface area contributed by atoms with E-state index >= 15 is 0 Å². The van der Waals surface area contributed by atoms with Crippen LogP contribution in [0, 0.1) is 0 Å². The van der Waals surface area contributed by atoms with Gasteiger partial charge < -0.3 is 16.0 Å². The molecule has 0 unspecified atom stereocenters. The molecule has 0 radical (unpaired) electrons. The Hall–Kier alpha value is -3.62. The largest absolute Gasteiger partial charge is 0.392 e. The van der Waals surface area contributed by atoms with Gasteiger partial charge in [-0.3, -0.25) is 14.2 Å². The van der Waals surface area contributed by atoms with Crippen LogP contribution in [0.1, 0.15) is 5.56 Å². The number of rotatable bonds is 7. The smallest absolute Gasteiger partial charge is 0.247 e. The number of carbonyl (C=O) groups is 1. The number of pyridine rings is 1. The van der Waals surface area contributed by atoms with E-state index in [1.54, 1.807) is 34.0 Å². The predicted octanol–water partition coefficient (Wildman–Crippen LogP) is 1.05. The highest BCUT2D eigenvalue weighted by atomic mass is 16.2. The zero-order valence-corrected chi connectivity index (χ0v) is 15.5. The van der Waals surface area contributed by atoms with Gasteiger partial charge in [-0.15, -0.1) is 0 Å². The number of nitrogens with one attached hydrogen (secondary N) is 3. The van der Waals surface area contributed by atoms with Crippen molar-refractivity contribution in [3.63, 3.8) is 0 Å². The lowest BCUT2D eigenvalue weighted by atomic mass is 10.2. The second kappa shape index (κ2) is 8.17. The number of hydrogen-bond donors (Lipinski definition) is 3. The van der Waals surface area contributed by atoms with Crippen molar-refractivity contribution in [2.24, 2.45) is 7.05 Å². The van der Waals surface area contributed by atoms with Gasteiger partial charge in [-0.1, -0.05) is 0 Å². The molecule has 0 aromatic carbocycles. The maximum absolute atomic E-state index is 12.3. The molecular formula is C18H22N8O. The summed E-state index contributed by atoms with van der Waals surface area (Å²) in [6.07, 6.45) is 8.79. The van der Waals surface area contributed by atoms with Crippen molar-refractivity contribution in [2.45, 2.75) is 6.54 Å². The zero-order chi connectivity index (χ0) is 19.2. The van der Waals surface area contributed by atoms with E-state index in [-0.39, 0.29) is 12.5 Å². The van der Waals surface area contributed by atoms with E-state index < -0.39 is 0 Å². The average Bonchev–Trinajstić information content (AvgIpc) is 3.29. The van der Waals surface area contributed by atoms with Crippen molar-refractivity contribution in [3.8, 4) is 11.3 Å². The van der Waals surface area contributed by atoms with Gasteiger partial charge in [-0.2, -0.15) is 10.2 Å². The average molecular weight is 366 g/mol. The molecule has 0 aliphatic carbocycles. The summed E-state index contributed by atoms with van der Waals surface area (Å²) in [6.45, 7) is 0.0999. The monoisotopic (exact) mass is 366 g/mol. The van der Waals surface area contributed by atoms with Crippen LogP contribution in [0.2, 0.25) is 0 Å². The molecule has 0 saturated heterocycles. The fourth-order valence-electron chi connectivity index (χ4n) is 2.64. The van der Waals surface area contributed by atoms with Crippen LogP contribution in [0.5, 0.6) is 0 Å². The molecule has 3 aromatic heterocycles. The molecule has 0 saturated carbocycles. The van der Waals surface area contributed by atoms with E-state index in [0.29, 0.717) is 5.82 Å². The number of hydrogen-bond acceptors (Lipinski definition) is 6. The number of carbonyl (C=O) groups excluding carboxylic acids is 1. The minimum absolute atomic E-state index is 0.0999. The number of aromatic nitrogens is 5. The van der Waals surface area contributed by atoms with Crippen molar-refractivity contribution in [3.05, 3.63) is 54.7 Å². The lowest BCUT2D eigenvalue weighted by Gasteiger charge is -2.08. The highest BCUT2D eigenvalue weighted by Crippen LogP contribution is 2.17. The molecular weight excluding hydrogens is 344 g/mol. The van der Waals surface area contributed by atoms with Gasteiger partial charge in [-0.25, -0.2) is 4.98 Å². The standard InChI is InChI=1S/C18H22N8O/c1-19-10-15(20-2)13-4-5-17(21-8-13)24-18(27)12-26-11-14(9-23-26)16-6-7-22-25(16)3/h4-11,19-20H,12H2,1-3H3,(H,21,24,27)/b15-10-. The summed E-state index contributed by atoms with van der Waals surface area (Å²) >= 11 is 0. The highest BCUT2D eigenvalue weighted by molar-refractivity contribution is 5.89. The van der Waals surface area contributed by atoms with Crippen LogP contribution in [-0.4, -0.2) is 44.5 Å². The first-order valence-corrected chi connectivity index (χ1v) is 8.43. The summed E-state index contributed by atoms with van der Waals surface area (Å²) in [5.74, 6) is 0.289. The predicted molar refractivity (Wildman–Crippen MR) is 103 cm³/mol. The van der Waals surface area contributed by atoms with Crippen LogP contribution in [-0.2, 0) is 18.4 Å². The molecule has 0 aliphatic rings. The van der Waals surface area contributed by atoms with Gasteiger partial charge in [0, 0.05) is 57.1 Å². The number of nitrogens with zero attached hydrogens (tertiary/aromatic N) is 5. The van der Waals surface area contributed by atoms with E-state index in [9.17, 15) is 4.79 Å². The Kier molecular flexibility index (Phi) is 5.50. The summed E-state index contributed by atoms with van der Waals surface area (Å²) in [6, 6.07) is 5.55. The zero-order valence-electron chi connectivity index (χ0n) is 15.5. The Morgan fingerprint density at radius 3 is 2.67 bits per heavy atom. The molecule has 9 heteroatoms. The summed E-state index contributed by atoms with van der Waals surface area (Å²) < 4.78 is 3.34. The van der Waals surface area contributed by atoms with Crippen LogP contribution in [0.25, 0.3) is 17.0 Å². The van der Waals surface area contributed by atoms with Crippen molar-refractivity contribution in [1.82, 2.24) is 35.2 Å². The van der Waals surface area contributed by atoms with Gasteiger partial charge in [-0.05, 0) is 18.2 Å². The van der Waals surface area contributed by atoms with Crippen molar-refractivity contribution in [1.29, 1.82) is 0 Å². The Labute approximate surface area is 157 Å². The molecule has 3 aromatic rings. The SMILES string of the molecule is CN/C=C(\NC)c1ccc(NC(=O)Cn2cc(-c3ccnn3C)cn2)nc1. The first-order chi connectivity index (χ1) is 13.1. The quantitative estimate of drug-likeness (QED) is 0.578. The van der Waals surface area contributed by atoms with E-state index in [4.69, 9.17) is 0 Å². The summed E-state index contributed by atoms with van der Waals surface area (Å²) in [4.78, 5) is 16.5. The number of amides is 1. The third-order valence-electron chi connectivity index (χ3n) is 3.96. The molecule has 9 nitrogen and oxygen atoms in total. The van der Waals surface area contributed by atoms with Gasteiger partial charge in [0.05, 0.1) is 17.6 Å². The van der Waals surface area contributed by atoms with Gasteiger partial charge in [0.1, 0.15) is 12.4 Å². The fourth-order valence-corrected chi connectivity index (χ4v) is 2.64. The molecule has 27 heavy (non-hydrogen) atoms. The van der Waals surface area contributed by atoms with Crippen molar-refractivity contribution in [2.75, 3.05) is 19.4 Å². The van der Waals surface area contributed by atoms with Crippen molar-refractivity contribution >= 4 is 17.4 Å². The third kappa shape index (κ3) is 4.32. The fraction of sp³-hybridized carbons (Fsp3) is 0.222. The van der Waals surface area contributed by atoms with Gasteiger partial charge in [0.25, 0.3) is 0 Å². The molecule has 3 heterocycles. The summed E-state index contributed by atoms with van der Waals surface area (Å²) in [5, 5.41) is 17.2. The second-order valence-corrected chi connectivity index (χ2v) is 5.84. The number of aryl methyl sites for hydroxylation is 1. The molecule has 140 valence electrons. The van der Waals surface area contributed by atoms with Gasteiger partial charge in [0.2, 0.25) is 5.91 Å². The Bertz CT molecular complexity index is 938. The van der Waals surface area contributed by atoms with E-state index in [0.717, 1.165) is 22.5 Å². The van der Waals surface area contributed by atoms with Gasteiger partial charge >= 0.3 is 0 Å². The van der Waals surface area contributed by atoms with E-state index in [1.165, 1.54) is 0 Å². The summed E-state index contributed by atoms with van der Waals surface area (Å²) in [7, 11) is 5.52. The first kappa shape index (κ1) is 18.2. The minimum atomic E-state index is -0.200. The van der Waals surface area contributed by atoms with Crippen LogP contribution in [0.15, 0.2) is 49.2 Å². The molecule has 0 fully saturated rings. The lowest BCUT2D eigenvalue weighted by molar-refractivity contribution is -0.116. The third-order valence-corrected chi connectivity index (χ3v) is 3.96.